The monoisotopic (exact) mass is 389 g/mol. The molecule has 0 radical (unpaired) electrons. The highest BCUT2D eigenvalue weighted by molar-refractivity contribution is 6.07. The Morgan fingerprint density at radius 2 is 2.17 bits per heavy atom. The number of ether oxygens (including phenoxy) is 1. The minimum atomic E-state index is -0.305. The summed E-state index contributed by atoms with van der Waals surface area (Å²) in [5.74, 6) is 0.740. The van der Waals surface area contributed by atoms with Crippen LogP contribution in [0.1, 0.15) is 40.2 Å². The number of methoxy groups -OCH3 is 1. The summed E-state index contributed by atoms with van der Waals surface area (Å²) in [4.78, 5) is 17.3. The van der Waals surface area contributed by atoms with Crippen LogP contribution in [-0.4, -0.2) is 35.7 Å². The summed E-state index contributed by atoms with van der Waals surface area (Å²) < 4.78 is 7.76. The molecule has 3 heterocycles. The lowest BCUT2D eigenvalue weighted by atomic mass is 9.90. The Kier molecular flexibility index (Phi) is 5.19. The predicted molar refractivity (Wildman–Crippen MR) is 111 cm³/mol. The molecule has 148 valence electrons. The molecular formula is C22H23N5O2. The maximum absolute atomic E-state index is 12.8. The molecule has 1 aliphatic rings. The van der Waals surface area contributed by atoms with Crippen LogP contribution in [0.5, 0.6) is 5.75 Å². The summed E-state index contributed by atoms with van der Waals surface area (Å²) in [6.07, 6.45) is 5.86. The second-order valence-electron chi connectivity index (χ2n) is 7.27. The van der Waals surface area contributed by atoms with Gasteiger partial charge in [-0.3, -0.25) is 4.79 Å². The first-order valence-corrected chi connectivity index (χ1v) is 9.66. The maximum Gasteiger partial charge on any atom is 0.255 e. The Hall–Kier alpha value is -3.37. The van der Waals surface area contributed by atoms with Crippen LogP contribution in [0.4, 0.5) is 5.69 Å². The number of aromatic nitrogens is 2. The summed E-state index contributed by atoms with van der Waals surface area (Å²) in [6.45, 7) is 1.98. The summed E-state index contributed by atoms with van der Waals surface area (Å²) in [7, 11) is 3.59. The molecule has 1 aromatic carbocycles. The van der Waals surface area contributed by atoms with Gasteiger partial charge in [0.15, 0.2) is 5.75 Å². The molecule has 0 saturated carbocycles. The largest absolute Gasteiger partial charge is 0.494 e. The zero-order valence-corrected chi connectivity index (χ0v) is 16.5. The number of hydrogen-bond donors (Lipinski definition) is 2. The highest BCUT2D eigenvalue weighted by atomic mass is 16.5. The molecule has 1 amide bonds. The van der Waals surface area contributed by atoms with Crippen molar-refractivity contribution in [2.75, 3.05) is 25.5 Å². The van der Waals surface area contributed by atoms with Crippen LogP contribution in [0, 0.1) is 11.3 Å². The number of nitrogens with zero attached hydrogens (tertiary/aromatic N) is 3. The summed E-state index contributed by atoms with van der Waals surface area (Å²) in [5, 5.41) is 16.3. The molecule has 29 heavy (non-hydrogen) atoms. The van der Waals surface area contributed by atoms with Gasteiger partial charge in [-0.2, -0.15) is 5.26 Å². The Bertz CT molecular complexity index is 1110. The standard InChI is InChI=1S/C22H23N5O2/c1-27-13-17(15-6-8-24-9-7-15)19-20(29-2)18(12-25-21(19)27)26-22(28)16-5-3-4-14(10-16)11-23/h3-5,10,12-13,15,24H,6-9H2,1-2H3,(H,26,28). The van der Waals surface area contributed by atoms with Gasteiger partial charge in [0.25, 0.3) is 5.91 Å². The number of fused-ring (bicyclic) bond motifs is 1. The third-order valence-corrected chi connectivity index (χ3v) is 5.45. The van der Waals surface area contributed by atoms with E-state index >= 15 is 0 Å². The number of rotatable bonds is 4. The molecule has 7 heteroatoms. The van der Waals surface area contributed by atoms with Gasteiger partial charge in [0, 0.05) is 18.8 Å². The highest BCUT2D eigenvalue weighted by Gasteiger charge is 2.24. The second kappa shape index (κ2) is 7.94. The van der Waals surface area contributed by atoms with Crippen molar-refractivity contribution >= 4 is 22.6 Å². The van der Waals surface area contributed by atoms with Crippen LogP contribution >= 0.6 is 0 Å². The number of anilines is 1. The van der Waals surface area contributed by atoms with Crippen molar-refractivity contribution < 1.29 is 9.53 Å². The first-order chi connectivity index (χ1) is 14.1. The minimum absolute atomic E-state index is 0.305. The number of hydrogen-bond acceptors (Lipinski definition) is 5. The van der Waals surface area contributed by atoms with E-state index in [-0.39, 0.29) is 5.91 Å². The zero-order valence-electron chi connectivity index (χ0n) is 16.5. The van der Waals surface area contributed by atoms with Gasteiger partial charge >= 0.3 is 0 Å². The molecule has 0 unspecified atom stereocenters. The van der Waals surface area contributed by atoms with Crippen LogP contribution in [0.2, 0.25) is 0 Å². The fourth-order valence-corrected chi connectivity index (χ4v) is 4.02. The first kappa shape index (κ1) is 19.0. The quantitative estimate of drug-likeness (QED) is 0.715. The Balaban J connectivity index is 1.75. The molecule has 1 saturated heterocycles. The van der Waals surface area contributed by atoms with E-state index in [2.05, 4.69) is 27.9 Å². The molecule has 0 spiro atoms. The number of nitriles is 1. The number of aryl methyl sites for hydroxylation is 1. The summed E-state index contributed by atoms with van der Waals surface area (Å²) in [6, 6.07) is 8.66. The predicted octanol–water partition coefficient (Wildman–Crippen LogP) is 3.17. The van der Waals surface area contributed by atoms with Crippen molar-refractivity contribution in [3.05, 3.63) is 53.3 Å². The van der Waals surface area contributed by atoms with Crippen LogP contribution in [0.25, 0.3) is 11.0 Å². The lowest BCUT2D eigenvalue weighted by molar-refractivity contribution is 0.102. The lowest BCUT2D eigenvalue weighted by Crippen LogP contribution is -2.26. The fraction of sp³-hybridized carbons (Fsp3) is 0.318. The third kappa shape index (κ3) is 3.55. The van der Waals surface area contributed by atoms with Crippen molar-refractivity contribution in [1.29, 1.82) is 5.26 Å². The SMILES string of the molecule is COc1c(NC(=O)c2cccc(C#N)c2)cnc2c1c(C1CCNCC1)cn2C. The molecule has 7 nitrogen and oxygen atoms in total. The molecular weight excluding hydrogens is 366 g/mol. The van der Waals surface area contributed by atoms with Gasteiger partial charge in [-0.15, -0.1) is 0 Å². The molecule has 1 aliphatic heterocycles. The smallest absolute Gasteiger partial charge is 0.255 e. The number of carbonyl (C=O) groups excluding carboxylic acids is 1. The summed E-state index contributed by atoms with van der Waals surface area (Å²) in [5.41, 5.74) is 3.41. The van der Waals surface area contributed by atoms with E-state index in [1.54, 1.807) is 37.6 Å². The van der Waals surface area contributed by atoms with E-state index in [4.69, 9.17) is 10.00 Å². The topological polar surface area (TPSA) is 92.0 Å². The molecule has 0 aliphatic carbocycles. The average Bonchev–Trinajstić information content (AvgIpc) is 3.11. The van der Waals surface area contributed by atoms with E-state index < -0.39 is 0 Å². The van der Waals surface area contributed by atoms with Gasteiger partial charge in [-0.25, -0.2) is 4.98 Å². The zero-order chi connectivity index (χ0) is 20.4. The number of piperidine rings is 1. The van der Waals surface area contributed by atoms with Gasteiger partial charge in [0.1, 0.15) is 11.3 Å². The van der Waals surface area contributed by atoms with Gasteiger partial charge < -0.3 is 19.9 Å². The Morgan fingerprint density at radius 3 is 2.90 bits per heavy atom. The maximum atomic E-state index is 12.8. The Morgan fingerprint density at radius 1 is 1.38 bits per heavy atom. The average molecular weight is 389 g/mol. The van der Waals surface area contributed by atoms with Gasteiger partial charge in [-0.1, -0.05) is 6.07 Å². The molecule has 0 bridgehead atoms. The molecule has 4 rings (SSSR count). The van der Waals surface area contributed by atoms with E-state index in [0.29, 0.717) is 28.5 Å². The van der Waals surface area contributed by atoms with Crippen molar-refractivity contribution in [2.45, 2.75) is 18.8 Å². The van der Waals surface area contributed by atoms with E-state index in [1.807, 2.05) is 11.6 Å². The Labute approximate surface area is 169 Å². The van der Waals surface area contributed by atoms with Crippen molar-refractivity contribution in [3.63, 3.8) is 0 Å². The van der Waals surface area contributed by atoms with Crippen LogP contribution in [0.3, 0.4) is 0 Å². The number of benzene rings is 1. The fourth-order valence-electron chi connectivity index (χ4n) is 4.02. The normalized spacial score (nSPS) is 14.5. The molecule has 1 fully saturated rings. The van der Waals surface area contributed by atoms with Gasteiger partial charge in [0.05, 0.1) is 30.3 Å². The van der Waals surface area contributed by atoms with E-state index in [1.165, 1.54) is 5.56 Å². The van der Waals surface area contributed by atoms with Gasteiger partial charge in [0.2, 0.25) is 0 Å². The van der Waals surface area contributed by atoms with Crippen molar-refractivity contribution in [1.82, 2.24) is 14.9 Å². The molecule has 2 aromatic heterocycles. The second-order valence-corrected chi connectivity index (χ2v) is 7.27. The van der Waals surface area contributed by atoms with E-state index in [0.717, 1.165) is 37.0 Å². The van der Waals surface area contributed by atoms with E-state index in [9.17, 15) is 4.79 Å². The van der Waals surface area contributed by atoms with Crippen molar-refractivity contribution in [3.8, 4) is 11.8 Å². The number of pyridine rings is 1. The van der Waals surface area contributed by atoms with Crippen molar-refractivity contribution in [2.24, 2.45) is 7.05 Å². The van der Waals surface area contributed by atoms with Crippen LogP contribution in [-0.2, 0) is 7.05 Å². The highest BCUT2D eigenvalue weighted by Crippen LogP contribution is 2.40. The molecule has 3 aromatic rings. The summed E-state index contributed by atoms with van der Waals surface area (Å²) >= 11 is 0. The minimum Gasteiger partial charge on any atom is -0.494 e. The number of nitrogens with one attached hydrogen (secondary N) is 2. The van der Waals surface area contributed by atoms with Crippen LogP contribution < -0.4 is 15.4 Å². The lowest BCUT2D eigenvalue weighted by Gasteiger charge is -2.23. The molecule has 2 N–H and O–H groups in total. The third-order valence-electron chi connectivity index (χ3n) is 5.45. The van der Waals surface area contributed by atoms with Gasteiger partial charge in [-0.05, 0) is 55.6 Å². The number of carbonyl (C=O) groups is 1. The molecule has 0 atom stereocenters. The van der Waals surface area contributed by atoms with Crippen LogP contribution in [0.15, 0.2) is 36.7 Å². The number of amides is 1. The first-order valence-electron chi connectivity index (χ1n) is 9.66.